The Balaban J connectivity index is 1.97. The molecule has 0 aliphatic rings. The summed E-state index contributed by atoms with van der Waals surface area (Å²) in [6.07, 6.45) is 3.46. The first-order valence-corrected chi connectivity index (χ1v) is 7.57. The van der Waals surface area contributed by atoms with E-state index in [1.54, 1.807) is 4.90 Å². The third kappa shape index (κ3) is 3.85. The fourth-order valence-corrected chi connectivity index (χ4v) is 2.39. The summed E-state index contributed by atoms with van der Waals surface area (Å²) in [5.74, 6) is 0.981. The summed E-state index contributed by atoms with van der Waals surface area (Å²) in [5, 5.41) is 1.07. The minimum absolute atomic E-state index is 0.0561. The molecule has 1 heterocycles. The Morgan fingerprint density at radius 1 is 1.29 bits per heavy atom. The van der Waals surface area contributed by atoms with Gasteiger partial charge in [-0.2, -0.15) is 0 Å². The minimum atomic E-state index is -0.0561. The van der Waals surface area contributed by atoms with E-state index in [0.29, 0.717) is 13.0 Å². The number of para-hydroxylation sites is 1. The first kappa shape index (κ1) is 15.6. The molecule has 21 heavy (non-hydrogen) atoms. The molecule has 0 radical (unpaired) electrons. The summed E-state index contributed by atoms with van der Waals surface area (Å²) in [6, 6.07) is 9.85. The van der Waals surface area contributed by atoms with E-state index in [1.165, 1.54) is 0 Å². The molecule has 2 N–H and O–H groups in total. The summed E-state index contributed by atoms with van der Waals surface area (Å²) < 4.78 is 5.83. The number of benzene rings is 1. The quantitative estimate of drug-likeness (QED) is 0.794. The van der Waals surface area contributed by atoms with Crippen LogP contribution in [0.25, 0.3) is 11.0 Å². The zero-order chi connectivity index (χ0) is 15.2. The molecule has 2 rings (SSSR count). The number of fused-ring (bicyclic) bond motifs is 1. The van der Waals surface area contributed by atoms with Gasteiger partial charge in [0.15, 0.2) is 0 Å². The van der Waals surface area contributed by atoms with Crippen molar-refractivity contribution in [3.8, 4) is 0 Å². The average molecular weight is 288 g/mol. The summed E-state index contributed by atoms with van der Waals surface area (Å²) in [6.45, 7) is 2.69. The van der Waals surface area contributed by atoms with Gasteiger partial charge in [0.1, 0.15) is 11.3 Å². The zero-order valence-corrected chi connectivity index (χ0v) is 12.8. The van der Waals surface area contributed by atoms with E-state index in [1.807, 2.05) is 44.3 Å². The number of carbonyl (C=O) groups is 1. The largest absolute Gasteiger partial charge is 0.459 e. The van der Waals surface area contributed by atoms with E-state index in [9.17, 15) is 4.79 Å². The molecule has 2 aromatic rings. The Kier molecular flexibility index (Phi) is 5.39. The van der Waals surface area contributed by atoms with Crippen molar-refractivity contribution >= 4 is 16.9 Å². The lowest BCUT2D eigenvalue weighted by molar-refractivity contribution is -0.132. The normalized spacial score (nSPS) is 12.5. The van der Waals surface area contributed by atoms with Gasteiger partial charge in [-0.1, -0.05) is 24.6 Å². The second-order valence-corrected chi connectivity index (χ2v) is 5.47. The summed E-state index contributed by atoms with van der Waals surface area (Å²) in [5.41, 5.74) is 6.32. The molecule has 0 bridgehead atoms. The van der Waals surface area contributed by atoms with Crippen LogP contribution in [0.3, 0.4) is 0 Å². The monoisotopic (exact) mass is 288 g/mol. The topological polar surface area (TPSA) is 59.5 Å². The molecule has 4 nitrogen and oxygen atoms in total. The Bertz CT molecular complexity index is 558. The van der Waals surface area contributed by atoms with Gasteiger partial charge in [0.25, 0.3) is 0 Å². The maximum Gasteiger partial charge on any atom is 0.222 e. The molecule has 0 saturated carbocycles. The van der Waals surface area contributed by atoms with Gasteiger partial charge in [0, 0.05) is 18.9 Å². The predicted molar refractivity (Wildman–Crippen MR) is 84.9 cm³/mol. The Labute approximate surface area is 125 Å². The zero-order valence-electron chi connectivity index (χ0n) is 12.8. The van der Waals surface area contributed by atoms with Crippen LogP contribution < -0.4 is 5.73 Å². The number of carbonyl (C=O) groups excluding carboxylic acids is 1. The molecule has 1 atom stereocenters. The molecule has 0 fully saturated rings. The number of unbranched alkanes of at least 4 members (excludes halogenated alkanes) is 2. The lowest BCUT2D eigenvalue weighted by atomic mass is 10.1. The van der Waals surface area contributed by atoms with Crippen LogP contribution in [0.4, 0.5) is 0 Å². The molecule has 4 heteroatoms. The van der Waals surface area contributed by atoms with Crippen molar-refractivity contribution in [2.45, 2.75) is 38.6 Å². The van der Waals surface area contributed by atoms with Gasteiger partial charge < -0.3 is 15.1 Å². The van der Waals surface area contributed by atoms with Crippen LogP contribution in [0.5, 0.6) is 0 Å². The smallest absolute Gasteiger partial charge is 0.222 e. The number of hydrogen-bond donors (Lipinski definition) is 1. The van der Waals surface area contributed by atoms with Crippen molar-refractivity contribution in [3.05, 3.63) is 36.1 Å². The fourth-order valence-electron chi connectivity index (χ4n) is 2.39. The Morgan fingerprint density at radius 2 is 2.05 bits per heavy atom. The highest BCUT2D eigenvalue weighted by molar-refractivity contribution is 5.79. The lowest BCUT2D eigenvalue weighted by Crippen LogP contribution is -2.29. The standard InChI is InChI=1S/C17H24N2O2/c1-13(19(2)17(20)10-4-3-7-11-18)16-12-14-8-5-6-9-15(14)21-16/h5-6,8-9,12-13H,3-4,7,10-11,18H2,1-2H3. The molecule has 0 aliphatic carbocycles. The molecular formula is C17H24N2O2. The number of amides is 1. The van der Waals surface area contributed by atoms with E-state index in [0.717, 1.165) is 36.0 Å². The third-order valence-electron chi connectivity index (χ3n) is 3.93. The summed E-state index contributed by atoms with van der Waals surface area (Å²) >= 11 is 0. The Hall–Kier alpha value is -1.81. The van der Waals surface area contributed by atoms with Crippen LogP contribution in [-0.2, 0) is 4.79 Å². The summed E-state index contributed by atoms with van der Waals surface area (Å²) in [4.78, 5) is 14.0. The van der Waals surface area contributed by atoms with Gasteiger partial charge in [-0.3, -0.25) is 4.79 Å². The van der Waals surface area contributed by atoms with Crippen LogP contribution in [0.1, 0.15) is 44.4 Å². The molecule has 0 saturated heterocycles. The van der Waals surface area contributed by atoms with Crippen molar-refractivity contribution in [2.24, 2.45) is 5.73 Å². The lowest BCUT2D eigenvalue weighted by Gasteiger charge is -2.23. The third-order valence-corrected chi connectivity index (χ3v) is 3.93. The maximum atomic E-state index is 12.2. The Morgan fingerprint density at radius 3 is 2.76 bits per heavy atom. The van der Waals surface area contributed by atoms with Gasteiger partial charge in [-0.25, -0.2) is 0 Å². The van der Waals surface area contributed by atoms with Crippen molar-refractivity contribution in [2.75, 3.05) is 13.6 Å². The van der Waals surface area contributed by atoms with Gasteiger partial charge in [-0.05, 0) is 38.4 Å². The van der Waals surface area contributed by atoms with Crippen LogP contribution in [0, 0.1) is 0 Å². The van der Waals surface area contributed by atoms with E-state index >= 15 is 0 Å². The SMILES string of the molecule is CC(c1cc2ccccc2o1)N(C)C(=O)CCCCCN. The number of furan rings is 1. The second-order valence-electron chi connectivity index (χ2n) is 5.47. The van der Waals surface area contributed by atoms with Crippen LogP contribution in [0.2, 0.25) is 0 Å². The predicted octanol–water partition coefficient (Wildman–Crippen LogP) is 3.47. The van der Waals surface area contributed by atoms with Crippen molar-refractivity contribution in [3.63, 3.8) is 0 Å². The molecule has 1 unspecified atom stereocenters. The molecule has 0 spiro atoms. The highest BCUT2D eigenvalue weighted by Gasteiger charge is 2.20. The molecule has 1 amide bonds. The molecule has 1 aromatic carbocycles. The van der Waals surface area contributed by atoms with Crippen molar-refractivity contribution in [1.29, 1.82) is 0 Å². The van der Waals surface area contributed by atoms with E-state index < -0.39 is 0 Å². The van der Waals surface area contributed by atoms with Gasteiger partial charge in [0.2, 0.25) is 5.91 Å². The number of rotatable bonds is 7. The van der Waals surface area contributed by atoms with Crippen LogP contribution >= 0.6 is 0 Å². The molecule has 114 valence electrons. The number of nitrogens with zero attached hydrogens (tertiary/aromatic N) is 1. The fraction of sp³-hybridized carbons (Fsp3) is 0.471. The molecular weight excluding hydrogens is 264 g/mol. The molecule has 0 aliphatic heterocycles. The van der Waals surface area contributed by atoms with Crippen molar-refractivity contribution < 1.29 is 9.21 Å². The average Bonchev–Trinajstić information content (AvgIpc) is 2.93. The highest BCUT2D eigenvalue weighted by atomic mass is 16.3. The van der Waals surface area contributed by atoms with E-state index in [-0.39, 0.29) is 11.9 Å². The van der Waals surface area contributed by atoms with Crippen molar-refractivity contribution in [1.82, 2.24) is 4.90 Å². The van der Waals surface area contributed by atoms with Gasteiger partial charge in [0.05, 0.1) is 6.04 Å². The van der Waals surface area contributed by atoms with Gasteiger partial charge >= 0.3 is 0 Å². The summed E-state index contributed by atoms with van der Waals surface area (Å²) in [7, 11) is 1.84. The van der Waals surface area contributed by atoms with Crippen LogP contribution in [0.15, 0.2) is 34.7 Å². The van der Waals surface area contributed by atoms with E-state index in [2.05, 4.69) is 0 Å². The van der Waals surface area contributed by atoms with Crippen LogP contribution in [-0.4, -0.2) is 24.4 Å². The highest BCUT2D eigenvalue weighted by Crippen LogP contribution is 2.27. The number of hydrogen-bond acceptors (Lipinski definition) is 3. The first-order valence-electron chi connectivity index (χ1n) is 7.57. The maximum absolute atomic E-state index is 12.2. The van der Waals surface area contributed by atoms with E-state index in [4.69, 9.17) is 10.2 Å². The molecule has 1 aromatic heterocycles. The minimum Gasteiger partial charge on any atom is -0.459 e. The first-order chi connectivity index (χ1) is 10.1. The van der Waals surface area contributed by atoms with Gasteiger partial charge in [-0.15, -0.1) is 0 Å². The second kappa shape index (κ2) is 7.27. The number of nitrogens with two attached hydrogens (primary N) is 1.